The maximum atomic E-state index is 14.4. The molecule has 2 saturated heterocycles. The van der Waals surface area contributed by atoms with E-state index in [9.17, 15) is 12.8 Å². The van der Waals surface area contributed by atoms with Crippen LogP contribution < -0.4 is 0 Å². The molecule has 2 aromatic carbocycles. The highest BCUT2D eigenvalue weighted by Gasteiger charge is 2.27. The third kappa shape index (κ3) is 6.30. The van der Waals surface area contributed by atoms with Gasteiger partial charge in [0.15, 0.2) is 5.16 Å². The lowest BCUT2D eigenvalue weighted by atomic mass is 10.2. The van der Waals surface area contributed by atoms with Gasteiger partial charge in [0.1, 0.15) is 5.82 Å². The Bertz CT molecular complexity index is 1340. The van der Waals surface area contributed by atoms with E-state index in [1.54, 1.807) is 24.3 Å². The molecule has 5 rings (SSSR count). The number of ether oxygens (including phenoxy) is 2. The Balaban J connectivity index is 1.41. The van der Waals surface area contributed by atoms with E-state index in [0.29, 0.717) is 48.2 Å². The number of fused-ring (bicyclic) bond motifs is 1. The highest BCUT2D eigenvalue weighted by Crippen LogP contribution is 2.30. The van der Waals surface area contributed by atoms with E-state index >= 15 is 0 Å². The van der Waals surface area contributed by atoms with Gasteiger partial charge in [0.05, 0.1) is 42.4 Å². The number of halogens is 2. The Kier molecular flexibility index (Phi) is 8.70. The van der Waals surface area contributed by atoms with E-state index in [4.69, 9.17) is 26.1 Å². The number of thioether (sulfide) groups is 1. The van der Waals surface area contributed by atoms with Crippen LogP contribution in [0.15, 0.2) is 46.5 Å². The molecule has 0 N–H and O–H groups in total. The molecular weight excluding hydrogens is 539 g/mol. The van der Waals surface area contributed by atoms with E-state index in [1.807, 2.05) is 6.07 Å². The summed E-state index contributed by atoms with van der Waals surface area (Å²) in [6.07, 6.45) is 0.905. The molecular formula is C25H30ClFN4O4S2. The summed E-state index contributed by atoms with van der Waals surface area (Å²) in [5.41, 5.74) is 2.01. The molecule has 12 heteroatoms. The fourth-order valence-electron chi connectivity index (χ4n) is 4.57. The third-order valence-electron chi connectivity index (χ3n) is 6.62. The van der Waals surface area contributed by atoms with E-state index in [0.717, 1.165) is 56.5 Å². The van der Waals surface area contributed by atoms with Crippen molar-refractivity contribution >= 4 is 44.4 Å². The zero-order chi connectivity index (χ0) is 25.8. The van der Waals surface area contributed by atoms with Crippen molar-refractivity contribution < 1.29 is 22.3 Å². The van der Waals surface area contributed by atoms with Crippen molar-refractivity contribution in [3.05, 3.63) is 52.8 Å². The summed E-state index contributed by atoms with van der Waals surface area (Å²) in [6, 6.07) is 9.80. The van der Waals surface area contributed by atoms with Crippen molar-refractivity contribution in [2.75, 3.05) is 59.2 Å². The lowest BCUT2D eigenvalue weighted by Crippen LogP contribution is -2.40. The summed E-state index contributed by atoms with van der Waals surface area (Å²) in [5.74, 6) is 0.0308. The highest BCUT2D eigenvalue weighted by atomic mass is 35.5. The molecule has 2 fully saturated rings. The van der Waals surface area contributed by atoms with Gasteiger partial charge in [0, 0.05) is 50.0 Å². The number of hydrogen-bond acceptors (Lipinski definition) is 7. The molecule has 3 heterocycles. The Morgan fingerprint density at radius 3 is 2.43 bits per heavy atom. The lowest BCUT2D eigenvalue weighted by Gasteiger charge is -2.26. The molecule has 0 atom stereocenters. The van der Waals surface area contributed by atoms with Crippen LogP contribution in [-0.2, 0) is 31.8 Å². The Morgan fingerprint density at radius 1 is 0.973 bits per heavy atom. The van der Waals surface area contributed by atoms with Crippen molar-refractivity contribution in [3.8, 4) is 0 Å². The number of benzene rings is 2. The van der Waals surface area contributed by atoms with Gasteiger partial charge in [-0.3, -0.25) is 4.90 Å². The topological polar surface area (TPSA) is 76.9 Å². The molecule has 0 spiro atoms. The van der Waals surface area contributed by atoms with Crippen LogP contribution in [-0.4, -0.2) is 86.3 Å². The van der Waals surface area contributed by atoms with E-state index in [-0.39, 0.29) is 10.7 Å². The van der Waals surface area contributed by atoms with Gasteiger partial charge in [0.2, 0.25) is 10.0 Å². The zero-order valence-corrected chi connectivity index (χ0v) is 22.8. The molecule has 200 valence electrons. The van der Waals surface area contributed by atoms with E-state index in [1.165, 1.54) is 22.1 Å². The first-order valence-corrected chi connectivity index (χ1v) is 15.2. The summed E-state index contributed by atoms with van der Waals surface area (Å²) in [5, 5.41) is 1.09. The Hall–Kier alpha value is -1.73. The molecule has 0 aliphatic carbocycles. The fraction of sp³-hybridized carbons (Fsp3) is 0.480. The predicted octanol–water partition coefficient (Wildman–Crippen LogP) is 3.86. The van der Waals surface area contributed by atoms with Crippen molar-refractivity contribution in [2.45, 2.75) is 28.8 Å². The first-order chi connectivity index (χ1) is 17.9. The minimum absolute atomic E-state index is 0.222. The summed E-state index contributed by atoms with van der Waals surface area (Å²) in [7, 11) is -3.64. The van der Waals surface area contributed by atoms with Gasteiger partial charge in [-0.15, -0.1) is 0 Å². The van der Waals surface area contributed by atoms with Gasteiger partial charge >= 0.3 is 0 Å². The molecule has 8 nitrogen and oxygen atoms in total. The number of sulfonamides is 1. The van der Waals surface area contributed by atoms with E-state index in [2.05, 4.69) is 9.47 Å². The van der Waals surface area contributed by atoms with Gasteiger partial charge in [-0.25, -0.2) is 17.8 Å². The SMILES string of the molecule is O=S(=O)(c1ccc2c(c1)nc(SCc1ccc(Cl)cc1F)n2CCCN1CCOCC1)N1CCOCC1. The number of aryl methyl sites for hydroxylation is 1. The maximum Gasteiger partial charge on any atom is 0.243 e. The number of imidazole rings is 1. The van der Waals surface area contributed by atoms with Crippen molar-refractivity contribution in [2.24, 2.45) is 0 Å². The first-order valence-electron chi connectivity index (χ1n) is 12.4. The molecule has 3 aromatic rings. The average molecular weight is 569 g/mol. The number of hydrogen-bond donors (Lipinski definition) is 0. The van der Waals surface area contributed by atoms with Gasteiger partial charge in [0.25, 0.3) is 0 Å². The molecule has 2 aliphatic rings. The first kappa shape index (κ1) is 26.9. The zero-order valence-electron chi connectivity index (χ0n) is 20.4. The molecule has 1 aromatic heterocycles. The Morgan fingerprint density at radius 2 is 1.70 bits per heavy atom. The summed E-state index contributed by atoms with van der Waals surface area (Å²) in [6.45, 7) is 6.45. The minimum atomic E-state index is -3.64. The fourth-order valence-corrected chi connectivity index (χ4v) is 7.18. The number of aromatic nitrogens is 2. The number of nitrogens with zero attached hydrogens (tertiary/aromatic N) is 4. The molecule has 0 amide bonds. The van der Waals surface area contributed by atoms with Gasteiger partial charge in [-0.1, -0.05) is 29.4 Å². The molecule has 37 heavy (non-hydrogen) atoms. The molecule has 0 saturated carbocycles. The van der Waals surface area contributed by atoms with Crippen LogP contribution in [0.5, 0.6) is 0 Å². The smallest absolute Gasteiger partial charge is 0.243 e. The van der Waals surface area contributed by atoms with Crippen LogP contribution in [0.2, 0.25) is 5.02 Å². The van der Waals surface area contributed by atoms with Crippen LogP contribution in [0.25, 0.3) is 11.0 Å². The van der Waals surface area contributed by atoms with Gasteiger partial charge < -0.3 is 14.0 Å². The monoisotopic (exact) mass is 568 g/mol. The number of rotatable bonds is 9. The standard InChI is InChI=1S/C25H30ClFN4O4S2/c26-20-3-2-19(22(27)16-20)18-36-25-28-23-17-21(37(32,33)30-10-14-35-15-11-30)4-5-24(23)31(25)7-1-6-29-8-12-34-13-9-29/h2-5,16-17H,1,6-15,18H2. The minimum Gasteiger partial charge on any atom is -0.379 e. The predicted molar refractivity (Wildman–Crippen MR) is 142 cm³/mol. The van der Waals surface area contributed by atoms with Crippen LogP contribution in [0.1, 0.15) is 12.0 Å². The summed E-state index contributed by atoms with van der Waals surface area (Å²) < 4.78 is 55.1. The van der Waals surface area contributed by atoms with E-state index < -0.39 is 10.0 Å². The van der Waals surface area contributed by atoms with Crippen molar-refractivity contribution in [1.29, 1.82) is 0 Å². The second-order valence-corrected chi connectivity index (χ2v) is 12.4. The molecule has 0 bridgehead atoms. The number of morpholine rings is 2. The normalized spacial score (nSPS) is 18.0. The second-order valence-electron chi connectivity index (χ2n) is 9.04. The van der Waals surface area contributed by atoms with Crippen LogP contribution in [0, 0.1) is 5.82 Å². The molecule has 2 aliphatic heterocycles. The van der Waals surface area contributed by atoms with Crippen LogP contribution in [0.3, 0.4) is 0 Å². The van der Waals surface area contributed by atoms with Gasteiger partial charge in [-0.05, 0) is 42.3 Å². The summed E-state index contributed by atoms with van der Waals surface area (Å²) in [4.78, 5) is 7.40. The van der Waals surface area contributed by atoms with Crippen molar-refractivity contribution in [1.82, 2.24) is 18.8 Å². The molecule has 0 radical (unpaired) electrons. The van der Waals surface area contributed by atoms with Crippen LogP contribution >= 0.6 is 23.4 Å². The molecule has 0 unspecified atom stereocenters. The third-order valence-corrected chi connectivity index (χ3v) is 9.78. The Labute approximate surface area is 225 Å². The second kappa shape index (κ2) is 12.0. The quantitative estimate of drug-likeness (QED) is 0.363. The summed E-state index contributed by atoms with van der Waals surface area (Å²) >= 11 is 7.34. The van der Waals surface area contributed by atoms with Crippen LogP contribution in [0.4, 0.5) is 4.39 Å². The van der Waals surface area contributed by atoms with Crippen molar-refractivity contribution in [3.63, 3.8) is 0 Å². The largest absolute Gasteiger partial charge is 0.379 e. The highest BCUT2D eigenvalue weighted by molar-refractivity contribution is 7.98. The lowest BCUT2D eigenvalue weighted by molar-refractivity contribution is 0.0369. The van der Waals surface area contributed by atoms with Gasteiger partial charge in [-0.2, -0.15) is 4.31 Å². The maximum absolute atomic E-state index is 14.4. The average Bonchev–Trinajstić information content (AvgIpc) is 3.26.